The van der Waals surface area contributed by atoms with E-state index in [2.05, 4.69) is 5.32 Å². The Bertz CT molecular complexity index is 210. The smallest absolute Gasteiger partial charge is 0.357 e. The van der Waals surface area contributed by atoms with E-state index in [9.17, 15) is 9.90 Å². The third-order valence-electron chi connectivity index (χ3n) is 1.66. The van der Waals surface area contributed by atoms with Crippen molar-refractivity contribution >= 4 is 5.97 Å². The third kappa shape index (κ3) is 1.90. The van der Waals surface area contributed by atoms with Gasteiger partial charge in [-0.25, -0.2) is 4.79 Å². The number of carbonyl (C=O) groups is 1. The first-order valence-corrected chi connectivity index (χ1v) is 4.08. The molecule has 0 saturated carbocycles. The molecule has 4 nitrogen and oxygen atoms in total. The highest BCUT2D eigenvalue weighted by atomic mass is 16.5. The van der Waals surface area contributed by atoms with Crippen molar-refractivity contribution in [3.8, 4) is 0 Å². The monoisotopic (exact) mass is 171 g/mol. The minimum atomic E-state index is -0.463. The van der Waals surface area contributed by atoms with Crippen LogP contribution in [-0.4, -0.2) is 24.2 Å². The summed E-state index contributed by atoms with van der Waals surface area (Å²) in [4.78, 5) is 11.1. The zero-order valence-electron chi connectivity index (χ0n) is 7.09. The highest BCUT2D eigenvalue weighted by molar-refractivity contribution is 5.88. The molecular formula is C8H13NO3. The summed E-state index contributed by atoms with van der Waals surface area (Å²) >= 11 is 0. The number of nitrogens with one attached hydrogen (secondary N) is 1. The van der Waals surface area contributed by atoms with Gasteiger partial charge in [0.1, 0.15) is 5.76 Å². The van der Waals surface area contributed by atoms with Crippen molar-refractivity contribution in [3.05, 3.63) is 11.5 Å². The zero-order chi connectivity index (χ0) is 8.97. The molecule has 0 unspecified atom stereocenters. The lowest BCUT2D eigenvalue weighted by Gasteiger charge is -2.16. The number of esters is 1. The second kappa shape index (κ2) is 3.99. The minimum absolute atomic E-state index is 0.111. The van der Waals surface area contributed by atoms with Crippen molar-refractivity contribution in [3.63, 3.8) is 0 Å². The summed E-state index contributed by atoms with van der Waals surface area (Å²) < 4.78 is 4.73. The van der Waals surface area contributed by atoms with Gasteiger partial charge in [0.15, 0.2) is 5.70 Å². The molecule has 0 atom stereocenters. The number of carbonyl (C=O) groups excluding carboxylic acids is 1. The molecule has 68 valence electrons. The summed E-state index contributed by atoms with van der Waals surface area (Å²) in [5.74, 6) is -0.352. The van der Waals surface area contributed by atoms with Crippen LogP contribution in [0.3, 0.4) is 0 Å². The topological polar surface area (TPSA) is 58.6 Å². The van der Waals surface area contributed by atoms with E-state index in [1.807, 2.05) is 0 Å². The molecular weight excluding hydrogens is 158 g/mol. The molecule has 1 aliphatic heterocycles. The molecule has 12 heavy (non-hydrogen) atoms. The minimum Gasteiger partial charge on any atom is -0.510 e. The lowest BCUT2D eigenvalue weighted by molar-refractivity contribution is -0.139. The molecule has 0 radical (unpaired) electrons. The van der Waals surface area contributed by atoms with E-state index in [-0.39, 0.29) is 11.5 Å². The van der Waals surface area contributed by atoms with Gasteiger partial charge in [-0.15, -0.1) is 0 Å². The summed E-state index contributed by atoms with van der Waals surface area (Å²) in [7, 11) is 0. The molecule has 0 saturated heterocycles. The molecule has 1 rings (SSSR count). The van der Waals surface area contributed by atoms with E-state index in [1.165, 1.54) is 0 Å². The normalized spacial score (nSPS) is 17.1. The molecule has 0 amide bonds. The van der Waals surface area contributed by atoms with Gasteiger partial charge in [-0.1, -0.05) is 0 Å². The number of hydrogen-bond donors (Lipinski definition) is 2. The van der Waals surface area contributed by atoms with Crippen molar-refractivity contribution in [2.45, 2.75) is 19.8 Å². The first kappa shape index (κ1) is 8.90. The first-order chi connectivity index (χ1) is 5.75. The van der Waals surface area contributed by atoms with Gasteiger partial charge in [-0.3, -0.25) is 0 Å². The Labute approximate surface area is 71.2 Å². The van der Waals surface area contributed by atoms with Gasteiger partial charge in [-0.2, -0.15) is 0 Å². The van der Waals surface area contributed by atoms with Crippen LogP contribution in [0.5, 0.6) is 0 Å². The molecule has 0 aromatic rings. The number of rotatable bonds is 2. The number of allylic oxidation sites excluding steroid dienone is 1. The number of ether oxygens (including phenoxy) is 1. The molecule has 0 aliphatic carbocycles. The van der Waals surface area contributed by atoms with E-state index in [0.717, 1.165) is 13.0 Å². The summed E-state index contributed by atoms with van der Waals surface area (Å²) in [6.07, 6.45) is 1.41. The first-order valence-electron chi connectivity index (χ1n) is 4.08. The second-order valence-electron chi connectivity index (χ2n) is 2.57. The lowest BCUT2D eigenvalue weighted by Crippen LogP contribution is -2.28. The zero-order valence-corrected chi connectivity index (χ0v) is 7.09. The van der Waals surface area contributed by atoms with Gasteiger partial charge in [0.2, 0.25) is 0 Å². The largest absolute Gasteiger partial charge is 0.510 e. The maximum atomic E-state index is 11.1. The van der Waals surface area contributed by atoms with Crippen LogP contribution in [0.25, 0.3) is 0 Å². The number of aliphatic hydroxyl groups is 1. The molecule has 0 aromatic heterocycles. The van der Waals surface area contributed by atoms with E-state index in [4.69, 9.17) is 4.74 Å². The average molecular weight is 171 g/mol. The van der Waals surface area contributed by atoms with Gasteiger partial charge in [0, 0.05) is 13.0 Å². The van der Waals surface area contributed by atoms with E-state index >= 15 is 0 Å². The van der Waals surface area contributed by atoms with Crippen LogP contribution >= 0.6 is 0 Å². The Kier molecular flexibility index (Phi) is 2.96. The van der Waals surface area contributed by atoms with Crippen molar-refractivity contribution < 1.29 is 14.6 Å². The standard InChI is InChI=1S/C8H13NO3/c1-2-12-8(11)7-6(10)4-3-5-9-7/h9-10H,2-5H2,1H3. The third-order valence-corrected chi connectivity index (χ3v) is 1.66. The summed E-state index contributed by atoms with van der Waals surface area (Å²) in [5, 5.41) is 12.1. The van der Waals surface area contributed by atoms with Gasteiger partial charge in [-0.05, 0) is 13.3 Å². The molecule has 4 heteroatoms. The van der Waals surface area contributed by atoms with Gasteiger partial charge in [0.05, 0.1) is 6.61 Å². The SMILES string of the molecule is CCOC(=O)C1=C(O)CCCN1. The van der Waals surface area contributed by atoms with Crippen molar-refractivity contribution in [1.29, 1.82) is 0 Å². The number of aliphatic hydroxyl groups excluding tert-OH is 1. The summed E-state index contributed by atoms with van der Waals surface area (Å²) in [5.41, 5.74) is 0.225. The molecule has 0 bridgehead atoms. The Balaban J connectivity index is 2.64. The fraction of sp³-hybridized carbons (Fsp3) is 0.625. The van der Waals surface area contributed by atoms with Gasteiger partial charge >= 0.3 is 5.97 Å². The Hall–Kier alpha value is -1.19. The summed E-state index contributed by atoms with van der Waals surface area (Å²) in [6, 6.07) is 0. The number of hydrogen-bond acceptors (Lipinski definition) is 4. The van der Waals surface area contributed by atoms with Crippen LogP contribution in [0.1, 0.15) is 19.8 Å². The highest BCUT2D eigenvalue weighted by Crippen LogP contribution is 2.12. The second-order valence-corrected chi connectivity index (χ2v) is 2.57. The molecule has 0 aromatic carbocycles. The van der Waals surface area contributed by atoms with E-state index < -0.39 is 5.97 Å². The van der Waals surface area contributed by atoms with Crippen LogP contribution in [0.2, 0.25) is 0 Å². The Morgan fingerprint density at radius 2 is 2.50 bits per heavy atom. The van der Waals surface area contributed by atoms with Crippen LogP contribution < -0.4 is 5.32 Å². The van der Waals surface area contributed by atoms with E-state index in [0.29, 0.717) is 13.0 Å². The lowest BCUT2D eigenvalue weighted by atomic mass is 10.1. The molecule has 0 fully saturated rings. The Morgan fingerprint density at radius 3 is 3.08 bits per heavy atom. The quantitative estimate of drug-likeness (QED) is 0.600. The summed E-state index contributed by atoms with van der Waals surface area (Å²) in [6.45, 7) is 2.79. The Morgan fingerprint density at radius 1 is 1.75 bits per heavy atom. The molecule has 0 spiro atoms. The van der Waals surface area contributed by atoms with Crippen molar-refractivity contribution in [1.82, 2.24) is 5.32 Å². The van der Waals surface area contributed by atoms with Crippen LogP contribution in [0, 0.1) is 0 Å². The fourth-order valence-electron chi connectivity index (χ4n) is 1.09. The van der Waals surface area contributed by atoms with Gasteiger partial charge < -0.3 is 15.2 Å². The van der Waals surface area contributed by atoms with Crippen molar-refractivity contribution in [2.24, 2.45) is 0 Å². The molecule has 1 heterocycles. The van der Waals surface area contributed by atoms with Gasteiger partial charge in [0.25, 0.3) is 0 Å². The predicted octanol–water partition coefficient (Wildman–Crippen LogP) is 0.702. The van der Waals surface area contributed by atoms with Crippen molar-refractivity contribution in [2.75, 3.05) is 13.2 Å². The van der Waals surface area contributed by atoms with Crippen LogP contribution in [0.15, 0.2) is 11.5 Å². The maximum absolute atomic E-state index is 11.1. The highest BCUT2D eigenvalue weighted by Gasteiger charge is 2.18. The van der Waals surface area contributed by atoms with E-state index in [1.54, 1.807) is 6.92 Å². The molecule has 1 aliphatic rings. The predicted molar refractivity (Wildman–Crippen MR) is 43.5 cm³/mol. The average Bonchev–Trinajstić information content (AvgIpc) is 2.05. The van der Waals surface area contributed by atoms with Crippen LogP contribution in [0.4, 0.5) is 0 Å². The maximum Gasteiger partial charge on any atom is 0.357 e. The fourth-order valence-corrected chi connectivity index (χ4v) is 1.09. The molecule has 2 N–H and O–H groups in total. The van der Waals surface area contributed by atoms with Crippen LogP contribution in [-0.2, 0) is 9.53 Å².